The van der Waals surface area contributed by atoms with Gasteiger partial charge in [-0.05, 0) is 24.6 Å². The number of carbonyl (C=O) groups excluding carboxylic acids is 2. The van der Waals surface area contributed by atoms with Gasteiger partial charge in [0.2, 0.25) is 0 Å². The lowest BCUT2D eigenvalue weighted by molar-refractivity contribution is -0.145. The summed E-state index contributed by atoms with van der Waals surface area (Å²) >= 11 is 0. The highest BCUT2D eigenvalue weighted by molar-refractivity contribution is 5.97. The molecule has 1 rings (SSSR count). The molecule has 1 aromatic carbocycles. The van der Waals surface area contributed by atoms with Crippen LogP contribution >= 0.6 is 0 Å². The molecule has 19 heavy (non-hydrogen) atoms. The topological polar surface area (TPSA) is 66.8 Å². The van der Waals surface area contributed by atoms with Crippen molar-refractivity contribution < 1.29 is 19.4 Å². The number of carbonyl (C=O) groups is 2. The number of amides is 1. The number of ether oxygens (including phenoxy) is 1. The number of nitrogens with zero attached hydrogens (tertiary/aromatic N) is 1. The highest BCUT2D eigenvalue weighted by Crippen LogP contribution is 2.20. The molecule has 0 radical (unpaired) electrons. The van der Waals surface area contributed by atoms with Crippen molar-refractivity contribution in [3.8, 4) is 5.75 Å². The zero-order valence-electron chi connectivity index (χ0n) is 11.6. The lowest BCUT2D eigenvalue weighted by atomic mass is 10.1. The monoisotopic (exact) mass is 265 g/mol. The van der Waals surface area contributed by atoms with Crippen molar-refractivity contribution >= 4 is 11.9 Å². The predicted octanol–water partition coefficient (Wildman–Crippen LogP) is 1.58. The van der Waals surface area contributed by atoms with E-state index < -0.39 is 5.92 Å². The quantitative estimate of drug-likeness (QED) is 0.839. The van der Waals surface area contributed by atoms with Gasteiger partial charge in [-0.3, -0.25) is 9.59 Å². The third kappa shape index (κ3) is 3.71. The first-order chi connectivity index (χ1) is 8.86. The molecular formula is C14H19NO4. The second-order valence-electron chi connectivity index (χ2n) is 4.63. The molecule has 0 aliphatic carbocycles. The highest BCUT2D eigenvalue weighted by atomic mass is 16.5. The van der Waals surface area contributed by atoms with Gasteiger partial charge < -0.3 is 14.7 Å². The predicted molar refractivity (Wildman–Crippen MR) is 71.0 cm³/mol. The van der Waals surface area contributed by atoms with Crippen LogP contribution in [0.15, 0.2) is 18.2 Å². The van der Waals surface area contributed by atoms with E-state index in [1.807, 2.05) is 6.92 Å². The standard InChI is InChI=1S/C14H19NO4/c1-9-5-6-11(12(16)7-9)13(17)15(3)8-10(2)14(18)19-4/h5-7,10,16H,8H2,1-4H3. The van der Waals surface area contributed by atoms with Crippen molar-refractivity contribution in [1.29, 1.82) is 0 Å². The highest BCUT2D eigenvalue weighted by Gasteiger charge is 2.21. The fourth-order valence-electron chi connectivity index (χ4n) is 1.80. The van der Waals surface area contributed by atoms with E-state index in [-0.39, 0.29) is 29.7 Å². The summed E-state index contributed by atoms with van der Waals surface area (Å²) in [5, 5.41) is 9.76. The summed E-state index contributed by atoms with van der Waals surface area (Å²) in [5.74, 6) is -1.16. The molecule has 0 aromatic heterocycles. The zero-order valence-corrected chi connectivity index (χ0v) is 11.6. The Labute approximate surface area is 112 Å². The molecule has 1 atom stereocenters. The summed E-state index contributed by atoms with van der Waals surface area (Å²) < 4.78 is 4.61. The molecule has 5 nitrogen and oxygen atoms in total. The minimum Gasteiger partial charge on any atom is -0.507 e. The number of rotatable bonds is 4. The van der Waals surface area contributed by atoms with Crippen molar-refractivity contribution in [2.75, 3.05) is 20.7 Å². The van der Waals surface area contributed by atoms with Crippen molar-refractivity contribution in [3.05, 3.63) is 29.3 Å². The number of phenols is 1. The summed E-state index contributed by atoms with van der Waals surface area (Å²) in [5.41, 5.74) is 1.10. The Balaban J connectivity index is 2.79. The largest absolute Gasteiger partial charge is 0.507 e. The summed E-state index contributed by atoms with van der Waals surface area (Å²) in [6, 6.07) is 4.86. The van der Waals surface area contributed by atoms with Crippen LogP contribution in [0.2, 0.25) is 0 Å². The Morgan fingerprint density at radius 2 is 2.05 bits per heavy atom. The van der Waals surface area contributed by atoms with Gasteiger partial charge in [0.1, 0.15) is 5.75 Å². The first-order valence-electron chi connectivity index (χ1n) is 5.99. The van der Waals surface area contributed by atoms with Gasteiger partial charge in [0.15, 0.2) is 0 Å². The number of aromatic hydroxyl groups is 1. The van der Waals surface area contributed by atoms with Crippen LogP contribution in [0.25, 0.3) is 0 Å². The fourth-order valence-corrected chi connectivity index (χ4v) is 1.80. The molecule has 104 valence electrons. The molecule has 0 saturated heterocycles. The van der Waals surface area contributed by atoms with Crippen molar-refractivity contribution in [2.24, 2.45) is 5.92 Å². The Kier molecular flexibility index (Phi) is 4.92. The summed E-state index contributed by atoms with van der Waals surface area (Å²) in [7, 11) is 2.90. The third-order valence-electron chi connectivity index (χ3n) is 2.88. The van der Waals surface area contributed by atoms with Crippen LogP contribution in [-0.4, -0.2) is 42.6 Å². The molecule has 0 bridgehead atoms. The maximum atomic E-state index is 12.1. The van der Waals surface area contributed by atoms with Crippen LogP contribution in [0.3, 0.4) is 0 Å². The van der Waals surface area contributed by atoms with Gasteiger partial charge in [0, 0.05) is 13.6 Å². The van der Waals surface area contributed by atoms with Gasteiger partial charge in [-0.25, -0.2) is 0 Å². The number of aryl methyl sites for hydroxylation is 1. The Bertz CT molecular complexity index is 484. The molecule has 0 fully saturated rings. The van der Waals surface area contributed by atoms with Gasteiger partial charge in [-0.1, -0.05) is 13.0 Å². The van der Waals surface area contributed by atoms with E-state index in [1.165, 1.54) is 18.1 Å². The molecule has 1 N–H and O–H groups in total. The number of phenolic OH excluding ortho intramolecular Hbond substituents is 1. The first kappa shape index (κ1) is 15.0. The van der Waals surface area contributed by atoms with Crippen LogP contribution < -0.4 is 0 Å². The Morgan fingerprint density at radius 1 is 1.42 bits per heavy atom. The van der Waals surface area contributed by atoms with E-state index in [1.54, 1.807) is 26.1 Å². The minimum atomic E-state index is -0.411. The molecule has 0 saturated carbocycles. The molecule has 5 heteroatoms. The van der Waals surface area contributed by atoms with E-state index in [4.69, 9.17) is 0 Å². The maximum Gasteiger partial charge on any atom is 0.310 e. The van der Waals surface area contributed by atoms with E-state index >= 15 is 0 Å². The Hall–Kier alpha value is -2.04. The van der Waals surface area contributed by atoms with Gasteiger partial charge in [-0.2, -0.15) is 0 Å². The Morgan fingerprint density at radius 3 is 2.58 bits per heavy atom. The number of methoxy groups -OCH3 is 1. The average molecular weight is 265 g/mol. The van der Waals surface area contributed by atoms with Crippen LogP contribution in [0, 0.1) is 12.8 Å². The van der Waals surface area contributed by atoms with Crippen LogP contribution in [0.4, 0.5) is 0 Å². The van der Waals surface area contributed by atoms with Gasteiger partial charge in [0.05, 0.1) is 18.6 Å². The van der Waals surface area contributed by atoms with Crippen molar-refractivity contribution in [3.63, 3.8) is 0 Å². The number of hydrogen-bond acceptors (Lipinski definition) is 4. The van der Waals surface area contributed by atoms with Crippen molar-refractivity contribution in [2.45, 2.75) is 13.8 Å². The lowest BCUT2D eigenvalue weighted by Crippen LogP contribution is -2.34. The normalized spacial score (nSPS) is 11.8. The SMILES string of the molecule is COC(=O)C(C)CN(C)C(=O)c1ccc(C)cc1O. The molecule has 0 aliphatic heterocycles. The maximum absolute atomic E-state index is 12.1. The molecule has 0 aliphatic rings. The molecule has 0 spiro atoms. The average Bonchev–Trinajstić information content (AvgIpc) is 2.36. The fraction of sp³-hybridized carbons (Fsp3) is 0.429. The lowest BCUT2D eigenvalue weighted by Gasteiger charge is -2.20. The van der Waals surface area contributed by atoms with E-state index in [0.29, 0.717) is 0 Å². The summed E-state index contributed by atoms with van der Waals surface area (Å²) in [6.07, 6.45) is 0. The van der Waals surface area contributed by atoms with E-state index in [9.17, 15) is 14.7 Å². The smallest absolute Gasteiger partial charge is 0.310 e. The van der Waals surface area contributed by atoms with Crippen molar-refractivity contribution in [1.82, 2.24) is 4.90 Å². The van der Waals surface area contributed by atoms with Gasteiger partial charge >= 0.3 is 5.97 Å². The number of esters is 1. The van der Waals surface area contributed by atoms with Gasteiger partial charge in [0.25, 0.3) is 5.91 Å². The third-order valence-corrected chi connectivity index (χ3v) is 2.88. The van der Waals surface area contributed by atoms with Crippen LogP contribution in [0.1, 0.15) is 22.8 Å². The minimum absolute atomic E-state index is 0.0532. The first-order valence-corrected chi connectivity index (χ1v) is 5.99. The molecule has 1 amide bonds. The van der Waals surface area contributed by atoms with Crippen LogP contribution in [-0.2, 0) is 9.53 Å². The molecule has 0 heterocycles. The van der Waals surface area contributed by atoms with E-state index in [2.05, 4.69) is 4.74 Å². The second-order valence-corrected chi connectivity index (χ2v) is 4.63. The van der Waals surface area contributed by atoms with E-state index in [0.717, 1.165) is 5.56 Å². The molecule has 1 aromatic rings. The summed E-state index contributed by atoms with van der Waals surface area (Å²) in [4.78, 5) is 24.8. The molecular weight excluding hydrogens is 246 g/mol. The zero-order chi connectivity index (χ0) is 14.6. The van der Waals surface area contributed by atoms with Gasteiger partial charge in [-0.15, -0.1) is 0 Å². The van der Waals surface area contributed by atoms with Crippen LogP contribution in [0.5, 0.6) is 5.75 Å². The number of benzene rings is 1. The number of hydrogen-bond donors (Lipinski definition) is 1. The second kappa shape index (κ2) is 6.22. The summed E-state index contributed by atoms with van der Waals surface area (Å²) in [6.45, 7) is 3.75. The molecule has 1 unspecified atom stereocenters.